The van der Waals surface area contributed by atoms with E-state index in [1.54, 1.807) is 18.2 Å². The Morgan fingerprint density at radius 3 is 2.48 bits per heavy atom. The Kier molecular flexibility index (Phi) is 5.78. The summed E-state index contributed by atoms with van der Waals surface area (Å²) >= 11 is 12.0. The first kappa shape index (κ1) is 18.0. The topological polar surface area (TPSA) is 50.9 Å². The molecule has 0 bridgehead atoms. The fourth-order valence-electron chi connectivity index (χ4n) is 3.11. The Labute approximate surface area is 157 Å². The van der Waals surface area contributed by atoms with Crippen LogP contribution >= 0.6 is 23.2 Å². The Balaban J connectivity index is 1.56. The van der Waals surface area contributed by atoms with Crippen molar-refractivity contribution in [1.82, 2.24) is 0 Å². The van der Waals surface area contributed by atoms with Crippen LogP contribution in [0.1, 0.15) is 6.92 Å². The van der Waals surface area contributed by atoms with Crippen LogP contribution in [0.25, 0.3) is 0 Å². The van der Waals surface area contributed by atoms with Gasteiger partial charge in [0.15, 0.2) is 6.04 Å². The zero-order valence-corrected chi connectivity index (χ0v) is 15.6. The molecule has 1 aliphatic heterocycles. The van der Waals surface area contributed by atoms with Gasteiger partial charge in [-0.05, 0) is 31.2 Å². The first-order valence-corrected chi connectivity index (χ1v) is 9.12. The summed E-state index contributed by atoms with van der Waals surface area (Å²) in [5, 5.41) is 3.93. The molecule has 1 aromatic heterocycles. The van der Waals surface area contributed by atoms with E-state index in [0.29, 0.717) is 15.7 Å². The number of carbonyl (C=O) groups is 1. The number of nitrogens with one attached hydrogen (secondary N) is 3. The number of benzene rings is 1. The van der Waals surface area contributed by atoms with Crippen molar-refractivity contribution in [1.29, 1.82) is 0 Å². The fraction of sp³-hybridized carbons (Fsp3) is 0.333. The first-order valence-electron chi connectivity index (χ1n) is 8.36. The fourth-order valence-corrected chi connectivity index (χ4v) is 3.64. The number of anilines is 2. The zero-order valence-electron chi connectivity index (χ0n) is 14.1. The summed E-state index contributed by atoms with van der Waals surface area (Å²) in [4.78, 5) is 19.4. The Morgan fingerprint density at radius 2 is 1.88 bits per heavy atom. The summed E-state index contributed by atoms with van der Waals surface area (Å²) in [7, 11) is 0. The number of nitrogens with zero attached hydrogens (tertiary/aromatic N) is 1. The number of hydrogen-bond acceptors (Lipinski definition) is 2. The Bertz CT molecular complexity index is 713. The van der Waals surface area contributed by atoms with Crippen molar-refractivity contribution >= 4 is 40.6 Å². The number of aromatic amines is 1. The number of rotatable bonds is 4. The standard InChI is InChI=1S/C18H20Cl2N4O/c1-13(18(25)22-16-11-14(19)10-15(20)12-16)23-6-8-24(9-7-23)17-4-2-3-5-21-17/h2-5,10-13H,6-9H2,1H3,(H,22,25)/p+2/t13-/m0/s1. The van der Waals surface area contributed by atoms with Crippen LogP contribution in [0.4, 0.5) is 11.5 Å². The molecule has 0 unspecified atom stereocenters. The average Bonchev–Trinajstić information content (AvgIpc) is 2.61. The lowest BCUT2D eigenvalue weighted by molar-refractivity contribution is -0.914. The molecular weight excluding hydrogens is 359 g/mol. The molecule has 25 heavy (non-hydrogen) atoms. The van der Waals surface area contributed by atoms with Gasteiger partial charge in [-0.2, -0.15) is 0 Å². The van der Waals surface area contributed by atoms with Gasteiger partial charge in [-0.1, -0.05) is 29.3 Å². The van der Waals surface area contributed by atoms with Gasteiger partial charge in [0.2, 0.25) is 0 Å². The van der Waals surface area contributed by atoms with Crippen LogP contribution in [0.5, 0.6) is 0 Å². The molecule has 0 radical (unpaired) electrons. The number of H-pyrrole nitrogens is 1. The number of amides is 1. The number of pyridine rings is 1. The van der Waals surface area contributed by atoms with E-state index in [1.165, 1.54) is 4.90 Å². The van der Waals surface area contributed by atoms with Gasteiger partial charge in [-0.3, -0.25) is 9.69 Å². The van der Waals surface area contributed by atoms with E-state index in [1.807, 2.05) is 25.3 Å². The molecule has 1 fully saturated rings. The van der Waals surface area contributed by atoms with E-state index >= 15 is 0 Å². The number of hydrogen-bond donors (Lipinski definition) is 2. The molecule has 0 spiro atoms. The zero-order chi connectivity index (χ0) is 17.8. The molecule has 2 heterocycles. The second-order valence-electron chi connectivity index (χ2n) is 6.26. The van der Waals surface area contributed by atoms with Gasteiger partial charge in [0.05, 0.1) is 6.20 Å². The third kappa shape index (κ3) is 4.63. The smallest absolute Gasteiger partial charge is 0.282 e. The molecule has 0 aliphatic carbocycles. The molecule has 1 amide bonds. The second kappa shape index (κ2) is 8.04. The van der Waals surface area contributed by atoms with E-state index < -0.39 is 0 Å². The maximum atomic E-state index is 12.5. The highest BCUT2D eigenvalue weighted by Gasteiger charge is 2.32. The Hall–Kier alpha value is -1.82. The van der Waals surface area contributed by atoms with Gasteiger partial charge in [0, 0.05) is 21.8 Å². The van der Waals surface area contributed by atoms with Gasteiger partial charge in [-0.15, -0.1) is 0 Å². The van der Waals surface area contributed by atoms with Crippen LogP contribution in [0.3, 0.4) is 0 Å². The molecule has 1 saturated heterocycles. The van der Waals surface area contributed by atoms with Crippen molar-refractivity contribution in [3.63, 3.8) is 0 Å². The lowest BCUT2D eigenvalue weighted by Crippen LogP contribution is -3.19. The first-order chi connectivity index (χ1) is 12.0. The van der Waals surface area contributed by atoms with Gasteiger partial charge in [-0.25, -0.2) is 4.98 Å². The van der Waals surface area contributed by atoms with Crippen LogP contribution in [0.2, 0.25) is 10.0 Å². The highest BCUT2D eigenvalue weighted by atomic mass is 35.5. The van der Waals surface area contributed by atoms with Crippen molar-refractivity contribution in [2.24, 2.45) is 0 Å². The van der Waals surface area contributed by atoms with E-state index in [9.17, 15) is 4.79 Å². The van der Waals surface area contributed by atoms with Crippen LogP contribution in [0.15, 0.2) is 42.6 Å². The predicted octanol–water partition coefficient (Wildman–Crippen LogP) is 1.54. The van der Waals surface area contributed by atoms with Gasteiger partial charge < -0.3 is 10.2 Å². The number of halogens is 2. The summed E-state index contributed by atoms with van der Waals surface area (Å²) in [5.41, 5.74) is 0.631. The molecule has 2 aromatic rings. The lowest BCUT2D eigenvalue weighted by atomic mass is 10.2. The Morgan fingerprint density at radius 1 is 1.20 bits per heavy atom. The van der Waals surface area contributed by atoms with Crippen LogP contribution in [0, 0.1) is 0 Å². The molecule has 1 aromatic carbocycles. The molecule has 5 nitrogen and oxygen atoms in total. The summed E-state index contributed by atoms with van der Waals surface area (Å²) in [6, 6.07) is 11.0. The van der Waals surface area contributed by atoms with E-state index in [4.69, 9.17) is 23.2 Å². The third-order valence-electron chi connectivity index (χ3n) is 4.57. The number of carbonyl (C=O) groups excluding carboxylic acids is 1. The third-order valence-corrected chi connectivity index (χ3v) is 5.01. The summed E-state index contributed by atoms with van der Waals surface area (Å²) < 4.78 is 0. The monoisotopic (exact) mass is 380 g/mol. The minimum absolute atomic E-state index is 0.0203. The average molecular weight is 381 g/mol. The minimum atomic E-state index is -0.139. The SMILES string of the molecule is C[C@@H](C(=O)Nc1cc(Cl)cc(Cl)c1)[NH+]1CCN(c2cccc[nH+]2)CC1. The van der Waals surface area contributed by atoms with E-state index in [2.05, 4.69) is 21.3 Å². The normalized spacial score (nSPS) is 16.5. The number of piperazine rings is 1. The molecule has 3 rings (SSSR count). The van der Waals surface area contributed by atoms with Gasteiger partial charge >= 0.3 is 0 Å². The molecular formula is C18H22Cl2N4O+2. The quantitative estimate of drug-likeness (QED) is 0.844. The molecule has 1 atom stereocenters. The van der Waals surface area contributed by atoms with E-state index in [-0.39, 0.29) is 11.9 Å². The molecule has 7 heteroatoms. The predicted molar refractivity (Wildman–Crippen MR) is 100 cm³/mol. The van der Waals surface area contributed by atoms with Gasteiger partial charge in [0.25, 0.3) is 11.7 Å². The maximum absolute atomic E-state index is 12.5. The van der Waals surface area contributed by atoms with Crippen molar-refractivity contribution in [2.75, 3.05) is 36.4 Å². The van der Waals surface area contributed by atoms with Crippen molar-refractivity contribution in [2.45, 2.75) is 13.0 Å². The van der Waals surface area contributed by atoms with Crippen molar-refractivity contribution in [3.8, 4) is 0 Å². The highest BCUT2D eigenvalue weighted by Crippen LogP contribution is 2.22. The number of aromatic nitrogens is 1. The van der Waals surface area contributed by atoms with Crippen LogP contribution in [-0.2, 0) is 4.79 Å². The van der Waals surface area contributed by atoms with Crippen molar-refractivity contribution < 1.29 is 14.7 Å². The number of quaternary nitrogens is 1. The summed E-state index contributed by atoms with van der Waals surface area (Å²) in [5.74, 6) is 1.10. The van der Waals surface area contributed by atoms with E-state index in [0.717, 1.165) is 32.0 Å². The van der Waals surface area contributed by atoms with Crippen molar-refractivity contribution in [3.05, 3.63) is 52.6 Å². The van der Waals surface area contributed by atoms with Crippen LogP contribution in [-0.4, -0.2) is 38.1 Å². The highest BCUT2D eigenvalue weighted by molar-refractivity contribution is 6.35. The molecule has 132 valence electrons. The minimum Gasteiger partial charge on any atom is -0.321 e. The lowest BCUT2D eigenvalue weighted by Gasteiger charge is -2.31. The summed E-state index contributed by atoms with van der Waals surface area (Å²) in [6.45, 7) is 5.61. The molecule has 3 N–H and O–H groups in total. The molecule has 0 saturated carbocycles. The second-order valence-corrected chi connectivity index (χ2v) is 7.14. The van der Waals surface area contributed by atoms with Gasteiger partial charge in [0.1, 0.15) is 26.2 Å². The summed E-state index contributed by atoms with van der Waals surface area (Å²) in [6.07, 6.45) is 1.93. The molecule has 1 aliphatic rings. The maximum Gasteiger partial charge on any atom is 0.282 e. The largest absolute Gasteiger partial charge is 0.321 e. The van der Waals surface area contributed by atoms with Crippen LogP contribution < -0.4 is 20.1 Å².